The number of hydrogen-bond acceptors (Lipinski definition) is 2. The van der Waals surface area contributed by atoms with E-state index in [1.54, 1.807) is 0 Å². The Kier molecular flexibility index (Phi) is 3.29. The van der Waals surface area contributed by atoms with Crippen molar-refractivity contribution in [2.45, 2.75) is 39.0 Å². The second kappa shape index (κ2) is 4.52. The maximum Gasteiger partial charge on any atom is 0.246 e. The highest BCUT2D eigenvalue weighted by Crippen LogP contribution is 2.60. The van der Waals surface area contributed by atoms with Crippen molar-refractivity contribution in [1.82, 2.24) is 5.32 Å². The van der Waals surface area contributed by atoms with Crippen LogP contribution in [0.4, 0.5) is 0 Å². The van der Waals surface area contributed by atoms with Crippen molar-refractivity contribution in [3.8, 4) is 0 Å². The average Bonchev–Trinajstić information content (AvgIpc) is 3.06. The van der Waals surface area contributed by atoms with Gasteiger partial charge in [0, 0.05) is 13.2 Å². The van der Waals surface area contributed by atoms with Crippen LogP contribution in [-0.4, -0.2) is 25.7 Å². The van der Waals surface area contributed by atoms with Gasteiger partial charge in [0.1, 0.15) is 6.61 Å². The van der Waals surface area contributed by atoms with Crippen molar-refractivity contribution < 1.29 is 9.53 Å². The van der Waals surface area contributed by atoms with Crippen molar-refractivity contribution in [1.29, 1.82) is 0 Å². The summed E-state index contributed by atoms with van der Waals surface area (Å²) in [6, 6.07) is 0. The summed E-state index contributed by atoms with van der Waals surface area (Å²) in [6.07, 6.45) is 6.35. The Labute approximate surface area is 91.6 Å². The Morgan fingerprint density at radius 1 is 1.47 bits per heavy atom. The molecule has 0 aromatic rings. The molecule has 2 rings (SSSR count). The first-order valence-electron chi connectivity index (χ1n) is 6.11. The fraction of sp³-hybridized carbons (Fsp3) is 0.917. The van der Waals surface area contributed by atoms with Crippen LogP contribution in [-0.2, 0) is 9.53 Å². The third-order valence-electron chi connectivity index (χ3n) is 3.55. The summed E-state index contributed by atoms with van der Waals surface area (Å²) in [6.45, 7) is 3.84. The van der Waals surface area contributed by atoms with Gasteiger partial charge in [0.2, 0.25) is 5.91 Å². The molecule has 0 radical (unpaired) electrons. The van der Waals surface area contributed by atoms with Gasteiger partial charge in [-0.05, 0) is 43.4 Å². The number of hydrogen-bond donors (Lipinski definition) is 1. The average molecular weight is 211 g/mol. The van der Waals surface area contributed by atoms with Crippen LogP contribution in [0.15, 0.2) is 0 Å². The third kappa shape index (κ3) is 2.94. The van der Waals surface area contributed by atoms with E-state index in [-0.39, 0.29) is 12.5 Å². The number of carbonyl (C=O) groups excluding carboxylic acids is 1. The minimum absolute atomic E-state index is 0.0513. The molecule has 2 saturated carbocycles. The number of rotatable bonds is 7. The largest absolute Gasteiger partial charge is 0.372 e. The van der Waals surface area contributed by atoms with Gasteiger partial charge >= 0.3 is 0 Å². The van der Waals surface area contributed by atoms with E-state index in [1.165, 1.54) is 25.7 Å². The zero-order valence-electron chi connectivity index (χ0n) is 9.55. The first-order valence-corrected chi connectivity index (χ1v) is 6.11. The highest BCUT2D eigenvalue weighted by molar-refractivity contribution is 5.77. The molecule has 0 aromatic heterocycles. The van der Waals surface area contributed by atoms with Crippen LogP contribution < -0.4 is 5.32 Å². The van der Waals surface area contributed by atoms with Gasteiger partial charge in [-0.25, -0.2) is 0 Å². The predicted octanol–water partition coefficient (Wildman–Crippen LogP) is 1.72. The zero-order valence-corrected chi connectivity index (χ0v) is 9.55. The molecule has 3 nitrogen and oxygen atoms in total. The predicted molar refractivity (Wildman–Crippen MR) is 58.5 cm³/mol. The van der Waals surface area contributed by atoms with Gasteiger partial charge < -0.3 is 10.1 Å². The first kappa shape index (κ1) is 10.9. The minimum atomic E-state index is 0.0513. The van der Waals surface area contributed by atoms with Gasteiger partial charge in [0.15, 0.2) is 0 Å². The van der Waals surface area contributed by atoms with Crippen LogP contribution in [0.2, 0.25) is 0 Å². The molecule has 2 aliphatic carbocycles. The van der Waals surface area contributed by atoms with Gasteiger partial charge in [-0.15, -0.1) is 0 Å². The van der Waals surface area contributed by atoms with Gasteiger partial charge in [-0.3, -0.25) is 4.79 Å². The van der Waals surface area contributed by atoms with E-state index in [4.69, 9.17) is 4.74 Å². The summed E-state index contributed by atoms with van der Waals surface area (Å²) in [5.41, 5.74) is 0.500. The molecule has 2 fully saturated rings. The summed E-state index contributed by atoms with van der Waals surface area (Å²) < 4.78 is 5.19. The number of carbonyl (C=O) groups is 1. The van der Waals surface area contributed by atoms with E-state index in [2.05, 4.69) is 5.32 Å². The van der Waals surface area contributed by atoms with E-state index in [0.717, 1.165) is 18.9 Å². The Balaban J connectivity index is 1.58. The van der Waals surface area contributed by atoms with Crippen molar-refractivity contribution in [2.24, 2.45) is 11.3 Å². The standard InChI is InChI=1S/C12H21NO2/c1-2-7-15-8-11(14)13-9-12(5-6-12)10-3-4-10/h10H,2-9H2,1H3,(H,13,14). The monoisotopic (exact) mass is 211 g/mol. The fourth-order valence-corrected chi connectivity index (χ4v) is 2.22. The van der Waals surface area contributed by atoms with E-state index in [9.17, 15) is 4.79 Å². The molecule has 0 heterocycles. The third-order valence-corrected chi connectivity index (χ3v) is 3.55. The molecular formula is C12H21NO2. The maximum atomic E-state index is 11.4. The molecule has 3 heteroatoms. The van der Waals surface area contributed by atoms with Gasteiger partial charge in [0.25, 0.3) is 0 Å². The highest BCUT2D eigenvalue weighted by Gasteiger charge is 2.53. The fourth-order valence-electron chi connectivity index (χ4n) is 2.22. The van der Waals surface area contributed by atoms with Crippen LogP contribution in [0.3, 0.4) is 0 Å². The van der Waals surface area contributed by atoms with Crippen LogP contribution >= 0.6 is 0 Å². The molecule has 0 saturated heterocycles. The van der Waals surface area contributed by atoms with Crippen LogP contribution in [0.1, 0.15) is 39.0 Å². The highest BCUT2D eigenvalue weighted by atomic mass is 16.5. The van der Waals surface area contributed by atoms with Crippen molar-refractivity contribution >= 4 is 5.91 Å². The lowest BCUT2D eigenvalue weighted by atomic mass is 10.0. The first-order chi connectivity index (χ1) is 7.27. The molecule has 15 heavy (non-hydrogen) atoms. The smallest absolute Gasteiger partial charge is 0.246 e. The van der Waals surface area contributed by atoms with E-state index in [1.807, 2.05) is 6.92 Å². The van der Waals surface area contributed by atoms with Crippen molar-refractivity contribution in [2.75, 3.05) is 19.8 Å². The Bertz CT molecular complexity index is 232. The van der Waals surface area contributed by atoms with Gasteiger partial charge in [0.05, 0.1) is 0 Å². The van der Waals surface area contributed by atoms with Crippen LogP contribution in [0.5, 0.6) is 0 Å². The normalized spacial score (nSPS) is 22.5. The molecule has 0 bridgehead atoms. The number of amides is 1. The molecule has 0 unspecified atom stereocenters. The van der Waals surface area contributed by atoms with E-state index < -0.39 is 0 Å². The minimum Gasteiger partial charge on any atom is -0.372 e. The van der Waals surface area contributed by atoms with Crippen LogP contribution in [0, 0.1) is 11.3 Å². The molecule has 1 amide bonds. The summed E-state index contributed by atoms with van der Waals surface area (Å²) in [4.78, 5) is 11.4. The maximum absolute atomic E-state index is 11.4. The van der Waals surface area contributed by atoms with Crippen molar-refractivity contribution in [3.05, 3.63) is 0 Å². The lowest BCUT2D eigenvalue weighted by molar-refractivity contribution is -0.126. The van der Waals surface area contributed by atoms with E-state index in [0.29, 0.717) is 12.0 Å². The molecule has 0 aromatic carbocycles. The van der Waals surface area contributed by atoms with Gasteiger partial charge in [-0.2, -0.15) is 0 Å². The molecule has 0 spiro atoms. The SMILES string of the molecule is CCCOCC(=O)NCC1(C2CC2)CC1. The van der Waals surface area contributed by atoms with E-state index >= 15 is 0 Å². The number of ether oxygens (including phenoxy) is 1. The molecule has 86 valence electrons. The Hall–Kier alpha value is -0.570. The molecular weight excluding hydrogens is 190 g/mol. The topological polar surface area (TPSA) is 38.3 Å². The summed E-state index contributed by atoms with van der Waals surface area (Å²) in [5.74, 6) is 0.963. The molecule has 0 atom stereocenters. The lowest BCUT2D eigenvalue weighted by Gasteiger charge is -2.14. The van der Waals surface area contributed by atoms with Crippen LogP contribution in [0.25, 0.3) is 0 Å². The Morgan fingerprint density at radius 3 is 2.73 bits per heavy atom. The zero-order chi connectivity index (χ0) is 10.7. The summed E-state index contributed by atoms with van der Waals surface area (Å²) in [5, 5.41) is 3.00. The second-order valence-corrected chi connectivity index (χ2v) is 4.97. The second-order valence-electron chi connectivity index (χ2n) is 4.97. The lowest BCUT2D eigenvalue weighted by Crippen LogP contribution is -2.33. The van der Waals surface area contributed by atoms with Crippen molar-refractivity contribution in [3.63, 3.8) is 0 Å². The Morgan fingerprint density at radius 2 is 2.20 bits per heavy atom. The summed E-state index contributed by atoms with van der Waals surface area (Å²) >= 11 is 0. The summed E-state index contributed by atoms with van der Waals surface area (Å²) in [7, 11) is 0. The number of nitrogens with one attached hydrogen (secondary N) is 1. The molecule has 1 N–H and O–H groups in total. The molecule has 2 aliphatic rings. The van der Waals surface area contributed by atoms with Gasteiger partial charge in [-0.1, -0.05) is 6.92 Å². The quantitative estimate of drug-likeness (QED) is 0.651. The molecule has 0 aliphatic heterocycles.